The quantitative estimate of drug-likeness (QED) is 0.374. The number of hydrogen-bond donors (Lipinski definition) is 0. The Hall–Kier alpha value is -3.84. The van der Waals surface area contributed by atoms with E-state index < -0.39 is 6.04 Å². The van der Waals surface area contributed by atoms with Gasteiger partial charge in [-0.25, -0.2) is 4.39 Å². The molecule has 206 valence electrons. The first-order chi connectivity index (χ1) is 19.4. The number of benzene rings is 3. The van der Waals surface area contributed by atoms with Gasteiger partial charge in [-0.15, -0.1) is 0 Å². The Labute approximate surface area is 233 Å². The Morgan fingerprint density at radius 3 is 2.38 bits per heavy atom. The van der Waals surface area contributed by atoms with Gasteiger partial charge in [-0.3, -0.25) is 19.3 Å². The summed E-state index contributed by atoms with van der Waals surface area (Å²) in [6, 6.07) is 20.3. The molecule has 1 amide bonds. The average molecular weight is 541 g/mol. The molecule has 3 aromatic carbocycles. The smallest absolute Gasteiger partial charge is 0.255 e. The van der Waals surface area contributed by atoms with Crippen molar-refractivity contribution in [2.75, 3.05) is 13.1 Å². The first-order valence-corrected chi connectivity index (χ1v) is 14.1. The molecule has 1 unspecified atom stereocenters. The molecule has 6 rings (SSSR count). The molecule has 0 radical (unpaired) electrons. The molecular weight excluding hydrogens is 507 g/mol. The molecule has 3 aromatic rings. The Morgan fingerprint density at radius 1 is 0.875 bits per heavy atom. The third-order valence-electron chi connectivity index (χ3n) is 8.50. The molecule has 1 saturated heterocycles. The number of amides is 1. The van der Waals surface area contributed by atoms with Crippen LogP contribution < -0.4 is 4.74 Å². The van der Waals surface area contributed by atoms with E-state index in [1.165, 1.54) is 11.6 Å². The summed E-state index contributed by atoms with van der Waals surface area (Å²) >= 11 is 0. The summed E-state index contributed by atoms with van der Waals surface area (Å²) in [5, 5.41) is 0. The van der Waals surface area contributed by atoms with Gasteiger partial charge in [0.15, 0.2) is 5.78 Å². The predicted octanol–water partition coefficient (Wildman–Crippen LogP) is 5.43. The number of Topliss-reactive ketones (excluding diaryl/α,β-unsaturated/α-hetero) is 2. The molecule has 0 aromatic heterocycles. The van der Waals surface area contributed by atoms with Crippen molar-refractivity contribution in [1.29, 1.82) is 0 Å². The van der Waals surface area contributed by atoms with Gasteiger partial charge in [0, 0.05) is 24.1 Å². The minimum atomic E-state index is -0.537. The van der Waals surface area contributed by atoms with Crippen LogP contribution in [0.1, 0.15) is 70.6 Å². The Balaban J connectivity index is 1.03. The van der Waals surface area contributed by atoms with Gasteiger partial charge in [0.1, 0.15) is 24.0 Å². The molecule has 2 aliphatic heterocycles. The van der Waals surface area contributed by atoms with E-state index in [0.29, 0.717) is 43.2 Å². The largest absolute Gasteiger partial charge is 0.489 e. The van der Waals surface area contributed by atoms with Gasteiger partial charge >= 0.3 is 0 Å². The van der Waals surface area contributed by atoms with Crippen molar-refractivity contribution in [1.82, 2.24) is 9.80 Å². The highest BCUT2D eigenvalue weighted by Gasteiger charge is 2.40. The van der Waals surface area contributed by atoms with E-state index in [4.69, 9.17) is 4.74 Å². The molecule has 1 saturated carbocycles. The summed E-state index contributed by atoms with van der Waals surface area (Å²) in [6.45, 7) is 3.56. The maximum absolute atomic E-state index is 13.6. The second kappa shape index (κ2) is 11.3. The van der Waals surface area contributed by atoms with Crippen LogP contribution in [-0.2, 0) is 29.3 Å². The third kappa shape index (κ3) is 5.56. The van der Waals surface area contributed by atoms with Gasteiger partial charge in [-0.2, -0.15) is 0 Å². The molecular formula is C33H33FN2O4. The predicted molar refractivity (Wildman–Crippen MR) is 148 cm³/mol. The van der Waals surface area contributed by atoms with Crippen LogP contribution in [0.15, 0.2) is 66.7 Å². The van der Waals surface area contributed by atoms with Gasteiger partial charge in [0.05, 0.1) is 19.0 Å². The van der Waals surface area contributed by atoms with E-state index in [1.54, 1.807) is 23.1 Å². The Bertz CT molecular complexity index is 1430. The number of piperidine rings is 1. The zero-order valence-corrected chi connectivity index (χ0v) is 22.5. The minimum absolute atomic E-state index is 0.0501. The zero-order valence-electron chi connectivity index (χ0n) is 22.5. The highest BCUT2D eigenvalue weighted by molar-refractivity contribution is 6.07. The van der Waals surface area contributed by atoms with Crippen LogP contribution in [0.2, 0.25) is 0 Å². The van der Waals surface area contributed by atoms with Crippen LogP contribution >= 0.6 is 0 Å². The first-order valence-electron chi connectivity index (χ1n) is 14.1. The number of ether oxygens (including phenoxy) is 1. The van der Waals surface area contributed by atoms with Crippen molar-refractivity contribution in [3.63, 3.8) is 0 Å². The van der Waals surface area contributed by atoms with Crippen molar-refractivity contribution in [3.05, 3.63) is 100 Å². The summed E-state index contributed by atoms with van der Waals surface area (Å²) in [6.07, 6.45) is 2.71. The molecule has 2 heterocycles. The van der Waals surface area contributed by atoms with E-state index in [1.807, 2.05) is 18.2 Å². The number of fused-ring (bicyclic) bond motifs is 1. The molecule has 2 fully saturated rings. The monoisotopic (exact) mass is 540 g/mol. The SMILES string of the molecule is O=C1CCC(N2Cc3c(OCc4ccc(CN5CCC(c6cccc(F)c6)CC5)cc4)cccc3C2=O)C(=O)C1. The van der Waals surface area contributed by atoms with Crippen molar-refractivity contribution in [3.8, 4) is 5.75 Å². The second-order valence-corrected chi connectivity index (χ2v) is 11.2. The lowest BCUT2D eigenvalue weighted by Crippen LogP contribution is -2.44. The summed E-state index contributed by atoms with van der Waals surface area (Å²) in [5.74, 6) is 0.517. The van der Waals surface area contributed by atoms with Gasteiger partial charge < -0.3 is 9.64 Å². The van der Waals surface area contributed by atoms with Gasteiger partial charge in [-0.05, 0) is 79.2 Å². The molecule has 7 heteroatoms. The number of ketones is 2. The summed E-state index contributed by atoms with van der Waals surface area (Å²) in [7, 11) is 0. The molecule has 6 nitrogen and oxygen atoms in total. The average Bonchev–Trinajstić information content (AvgIpc) is 3.29. The summed E-state index contributed by atoms with van der Waals surface area (Å²) in [4.78, 5) is 41.2. The van der Waals surface area contributed by atoms with E-state index >= 15 is 0 Å². The van der Waals surface area contributed by atoms with Crippen LogP contribution in [0.3, 0.4) is 0 Å². The van der Waals surface area contributed by atoms with E-state index in [9.17, 15) is 18.8 Å². The number of nitrogens with zero attached hydrogens (tertiary/aromatic N) is 2. The molecule has 0 spiro atoms. The van der Waals surface area contributed by atoms with Crippen LogP contribution in [0, 0.1) is 5.82 Å². The van der Waals surface area contributed by atoms with Crippen molar-refractivity contribution in [2.24, 2.45) is 0 Å². The topological polar surface area (TPSA) is 66.9 Å². The summed E-state index contributed by atoms with van der Waals surface area (Å²) in [5.41, 5.74) is 4.75. The van der Waals surface area contributed by atoms with E-state index in [0.717, 1.165) is 49.2 Å². The third-order valence-corrected chi connectivity index (χ3v) is 8.50. The number of rotatable bonds is 7. The Kier molecular flexibility index (Phi) is 7.48. The fourth-order valence-electron chi connectivity index (χ4n) is 6.25. The number of carbonyl (C=O) groups excluding carboxylic acids is 3. The molecule has 3 aliphatic rings. The van der Waals surface area contributed by atoms with Crippen molar-refractivity contribution in [2.45, 2.75) is 63.8 Å². The number of hydrogen-bond acceptors (Lipinski definition) is 5. The van der Waals surface area contributed by atoms with Crippen LogP contribution in [-0.4, -0.2) is 46.4 Å². The van der Waals surface area contributed by atoms with Crippen molar-refractivity contribution < 1.29 is 23.5 Å². The zero-order chi connectivity index (χ0) is 27.6. The lowest BCUT2D eigenvalue weighted by molar-refractivity contribution is -0.133. The van der Waals surface area contributed by atoms with Crippen LogP contribution in [0.5, 0.6) is 5.75 Å². The van der Waals surface area contributed by atoms with E-state index in [-0.39, 0.29) is 29.7 Å². The van der Waals surface area contributed by atoms with Crippen molar-refractivity contribution >= 4 is 17.5 Å². The summed E-state index contributed by atoms with van der Waals surface area (Å²) < 4.78 is 19.8. The first kappa shape index (κ1) is 26.4. The molecule has 1 atom stereocenters. The maximum atomic E-state index is 13.6. The lowest BCUT2D eigenvalue weighted by Gasteiger charge is -2.32. The van der Waals surface area contributed by atoms with Gasteiger partial charge in [-0.1, -0.05) is 42.5 Å². The molecule has 40 heavy (non-hydrogen) atoms. The van der Waals surface area contributed by atoms with Crippen LogP contribution in [0.25, 0.3) is 0 Å². The van der Waals surface area contributed by atoms with Gasteiger partial charge in [0.25, 0.3) is 5.91 Å². The highest BCUT2D eigenvalue weighted by atomic mass is 19.1. The number of likely N-dealkylation sites (tertiary alicyclic amines) is 1. The normalized spacial score (nSPS) is 20.2. The Morgan fingerprint density at radius 2 is 1.62 bits per heavy atom. The van der Waals surface area contributed by atoms with Gasteiger partial charge in [0.2, 0.25) is 0 Å². The second-order valence-electron chi connectivity index (χ2n) is 11.2. The number of halogens is 1. The highest BCUT2D eigenvalue weighted by Crippen LogP contribution is 2.35. The fraction of sp³-hybridized carbons (Fsp3) is 0.364. The number of carbonyl (C=O) groups is 3. The van der Waals surface area contributed by atoms with Crippen LogP contribution in [0.4, 0.5) is 4.39 Å². The molecule has 0 N–H and O–H groups in total. The minimum Gasteiger partial charge on any atom is -0.489 e. The standard InChI is InChI=1S/C33H33FN2O4/c34-26-4-1-3-25(17-26)24-13-15-35(16-14-24)19-22-7-9-23(10-8-22)21-40-32-6-2-5-28-29(32)20-36(33(28)39)30-12-11-27(37)18-31(30)38/h1-10,17,24,30H,11-16,18-21H2. The molecule has 0 bridgehead atoms. The molecule has 1 aliphatic carbocycles. The lowest BCUT2D eigenvalue weighted by atomic mass is 9.89. The maximum Gasteiger partial charge on any atom is 0.255 e. The van der Waals surface area contributed by atoms with E-state index in [2.05, 4.69) is 29.2 Å². The fourth-order valence-corrected chi connectivity index (χ4v) is 6.25.